The van der Waals surface area contributed by atoms with Gasteiger partial charge in [-0.2, -0.15) is 5.10 Å². The summed E-state index contributed by atoms with van der Waals surface area (Å²) in [6, 6.07) is 16.2. The number of halogens is 1. The number of sulfonamides is 1. The maximum absolute atomic E-state index is 13.5. The normalized spacial score (nSPS) is 11.2. The number of benzene rings is 2. The Labute approximate surface area is 162 Å². The van der Waals surface area contributed by atoms with E-state index in [4.69, 9.17) is 0 Å². The number of nitrogens with one attached hydrogen (secondary N) is 1. The van der Waals surface area contributed by atoms with Crippen LogP contribution in [-0.2, 0) is 21.9 Å². The van der Waals surface area contributed by atoms with E-state index in [1.54, 1.807) is 13.1 Å². The SMILES string of the molecule is Cn1nc(-c2ccccc2)cc1NC(=O)CN(c1cccc(F)c1)S(C)(=O)=O. The molecule has 1 aromatic heterocycles. The van der Waals surface area contributed by atoms with E-state index in [0.717, 1.165) is 22.2 Å². The zero-order valence-electron chi connectivity index (χ0n) is 15.3. The molecular formula is C19H19FN4O3S. The second kappa shape index (κ2) is 7.81. The van der Waals surface area contributed by atoms with Gasteiger partial charge in [-0.15, -0.1) is 0 Å². The van der Waals surface area contributed by atoms with Crippen LogP contribution in [-0.4, -0.2) is 36.9 Å². The molecule has 28 heavy (non-hydrogen) atoms. The van der Waals surface area contributed by atoms with Crippen LogP contribution in [0.4, 0.5) is 15.9 Å². The predicted molar refractivity (Wildman–Crippen MR) is 106 cm³/mol. The molecule has 0 radical (unpaired) electrons. The molecule has 0 bridgehead atoms. The lowest BCUT2D eigenvalue weighted by molar-refractivity contribution is -0.114. The fourth-order valence-corrected chi connectivity index (χ4v) is 3.53. The molecule has 0 spiro atoms. The Morgan fingerprint density at radius 2 is 1.86 bits per heavy atom. The smallest absolute Gasteiger partial charge is 0.246 e. The van der Waals surface area contributed by atoms with E-state index in [-0.39, 0.29) is 5.69 Å². The quantitative estimate of drug-likeness (QED) is 0.687. The van der Waals surface area contributed by atoms with Crippen molar-refractivity contribution in [3.8, 4) is 11.3 Å². The number of carbonyl (C=O) groups is 1. The van der Waals surface area contributed by atoms with Crippen molar-refractivity contribution in [2.75, 3.05) is 22.4 Å². The third kappa shape index (κ3) is 4.55. The van der Waals surface area contributed by atoms with Crippen LogP contribution in [0.5, 0.6) is 0 Å². The van der Waals surface area contributed by atoms with Gasteiger partial charge in [-0.05, 0) is 18.2 Å². The predicted octanol–water partition coefficient (Wildman–Crippen LogP) is 2.63. The molecule has 0 saturated heterocycles. The fraction of sp³-hybridized carbons (Fsp3) is 0.158. The average molecular weight is 402 g/mol. The maximum atomic E-state index is 13.5. The van der Waals surface area contributed by atoms with Crippen molar-refractivity contribution in [3.63, 3.8) is 0 Å². The van der Waals surface area contributed by atoms with Crippen LogP contribution in [0.1, 0.15) is 0 Å². The molecule has 7 nitrogen and oxygen atoms in total. The van der Waals surface area contributed by atoms with Crippen molar-refractivity contribution in [3.05, 3.63) is 66.5 Å². The van der Waals surface area contributed by atoms with Gasteiger partial charge < -0.3 is 5.32 Å². The van der Waals surface area contributed by atoms with Crippen LogP contribution in [0, 0.1) is 5.82 Å². The highest BCUT2D eigenvalue weighted by atomic mass is 32.2. The number of rotatable bonds is 6. The summed E-state index contributed by atoms with van der Waals surface area (Å²) in [6.07, 6.45) is 0.961. The fourth-order valence-electron chi connectivity index (χ4n) is 2.68. The van der Waals surface area contributed by atoms with E-state index in [9.17, 15) is 17.6 Å². The van der Waals surface area contributed by atoms with Crippen LogP contribution >= 0.6 is 0 Å². The summed E-state index contributed by atoms with van der Waals surface area (Å²) in [5.74, 6) is -0.750. The summed E-state index contributed by atoms with van der Waals surface area (Å²) in [4.78, 5) is 12.5. The van der Waals surface area contributed by atoms with Crippen molar-refractivity contribution in [2.24, 2.45) is 7.05 Å². The topological polar surface area (TPSA) is 84.3 Å². The molecule has 1 N–H and O–H groups in total. The van der Waals surface area contributed by atoms with Gasteiger partial charge in [0.2, 0.25) is 15.9 Å². The Hall–Kier alpha value is -3.20. The number of nitrogens with zero attached hydrogens (tertiary/aromatic N) is 3. The van der Waals surface area contributed by atoms with Gasteiger partial charge in [0.25, 0.3) is 0 Å². The van der Waals surface area contributed by atoms with Crippen molar-refractivity contribution in [1.82, 2.24) is 9.78 Å². The highest BCUT2D eigenvalue weighted by Gasteiger charge is 2.22. The largest absolute Gasteiger partial charge is 0.309 e. The van der Waals surface area contributed by atoms with Crippen LogP contribution < -0.4 is 9.62 Å². The number of aromatic nitrogens is 2. The number of hydrogen-bond acceptors (Lipinski definition) is 4. The molecule has 9 heteroatoms. The van der Waals surface area contributed by atoms with Gasteiger partial charge >= 0.3 is 0 Å². The summed E-state index contributed by atoms with van der Waals surface area (Å²) in [5, 5.41) is 7.00. The van der Waals surface area contributed by atoms with Crippen LogP contribution in [0.25, 0.3) is 11.3 Å². The van der Waals surface area contributed by atoms with E-state index in [1.807, 2.05) is 30.3 Å². The molecule has 3 aromatic rings. The molecule has 1 amide bonds. The molecule has 0 fully saturated rings. The van der Waals surface area contributed by atoms with Gasteiger partial charge in [0.15, 0.2) is 0 Å². The first kappa shape index (κ1) is 19.6. The molecule has 146 valence electrons. The molecule has 0 aliphatic rings. The summed E-state index contributed by atoms with van der Waals surface area (Å²) in [5.41, 5.74) is 1.63. The first-order valence-corrected chi connectivity index (χ1v) is 10.2. The Kier molecular flexibility index (Phi) is 5.46. The second-order valence-electron chi connectivity index (χ2n) is 6.20. The minimum absolute atomic E-state index is 0.0765. The molecule has 1 heterocycles. The first-order valence-electron chi connectivity index (χ1n) is 8.36. The van der Waals surface area contributed by atoms with Crippen molar-refractivity contribution < 1.29 is 17.6 Å². The molecule has 0 aliphatic carbocycles. The lowest BCUT2D eigenvalue weighted by Gasteiger charge is -2.21. The molecule has 0 unspecified atom stereocenters. The monoisotopic (exact) mass is 402 g/mol. The Morgan fingerprint density at radius 3 is 2.50 bits per heavy atom. The number of carbonyl (C=O) groups excluding carboxylic acids is 1. The molecule has 0 atom stereocenters. The van der Waals surface area contributed by atoms with Gasteiger partial charge in [-0.3, -0.25) is 13.8 Å². The van der Waals surface area contributed by atoms with Gasteiger partial charge in [0.05, 0.1) is 17.6 Å². The van der Waals surface area contributed by atoms with Crippen LogP contribution in [0.2, 0.25) is 0 Å². The van der Waals surface area contributed by atoms with Gasteiger partial charge in [-0.25, -0.2) is 12.8 Å². The second-order valence-corrected chi connectivity index (χ2v) is 8.11. The van der Waals surface area contributed by atoms with E-state index in [0.29, 0.717) is 11.5 Å². The highest BCUT2D eigenvalue weighted by molar-refractivity contribution is 7.92. The number of anilines is 2. The Bertz CT molecular complexity index is 1100. The molecule has 0 saturated carbocycles. The van der Waals surface area contributed by atoms with Gasteiger partial charge in [0, 0.05) is 18.7 Å². The standard InChI is InChI=1S/C19H19FN4O3S/c1-23-18(12-17(22-23)14-7-4-3-5-8-14)21-19(25)13-24(28(2,26)27)16-10-6-9-15(20)11-16/h3-12H,13H2,1-2H3,(H,21,25). The lowest BCUT2D eigenvalue weighted by atomic mass is 10.2. The lowest BCUT2D eigenvalue weighted by Crippen LogP contribution is -2.37. The summed E-state index contributed by atoms with van der Waals surface area (Å²) >= 11 is 0. The molecule has 2 aromatic carbocycles. The highest BCUT2D eigenvalue weighted by Crippen LogP contribution is 2.22. The zero-order chi connectivity index (χ0) is 20.3. The van der Waals surface area contributed by atoms with Crippen molar-refractivity contribution >= 4 is 27.4 Å². The van der Waals surface area contributed by atoms with Crippen molar-refractivity contribution in [1.29, 1.82) is 0 Å². The third-order valence-corrected chi connectivity index (χ3v) is 5.14. The number of hydrogen-bond donors (Lipinski definition) is 1. The Balaban J connectivity index is 1.80. The van der Waals surface area contributed by atoms with Gasteiger partial charge in [-0.1, -0.05) is 36.4 Å². The zero-order valence-corrected chi connectivity index (χ0v) is 16.1. The summed E-state index contributed by atoms with van der Waals surface area (Å²) in [7, 11) is -2.12. The summed E-state index contributed by atoms with van der Waals surface area (Å²) in [6.45, 7) is -0.492. The molecular weight excluding hydrogens is 383 g/mol. The minimum atomic E-state index is -3.79. The number of amides is 1. The van der Waals surface area contributed by atoms with Gasteiger partial charge in [0.1, 0.15) is 18.2 Å². The molecule has 3 rings (SSSR count). The van der Waals surface area contributed by atoms with Crippen LogP contribution in [0.3, 0.4) is 0 Å². The first-order chi connectivity index (χ1) is 13.2. The van der Waals surface area contributed by atoms with Crippen LogP contribution in [0.15, 0.2) is 60.7 Å². The third-order valence-electron chi connectivity index (χ3n) is 4.00. The van der Waals surface area contributed by atoms with E-state index in [1.165, 1.54) is 22.9 Å². The van der Waals surface area contributed by atoms with E-state index in [2.05, 4.69) is 10.4 Å². The Morgan fingerprint density at radius 1 is 1.14 bits per heavy atom. The average Bonchev–Trinajstić information content (AvgIpc) is 3.00. The minimum Gasteiger partial charge on any atom is -0.309 e. The van der Waals surface area contributed by atoms with E-state index < -0.39 is 28.3 Å². The van der Waals surface area contributed by atoms with Crippen molar-refractivity contribution in [2.45, 2.75) is 0 Å². The van der Waals surface area contributed by atoms with E-state index >= 15 is 0 Å². The maximum Gasteiger partial charge on any atom is 0.246 e. The summed E-state index contributed by atoms with van der Waals surface area (Å²) < 4.78 is 40.0. The number of aryl methyl sites for hydroxylation is 1. The molecule has 0 aliphatic heterocycles.